The van der Waals surface area contributed by atoms with Crippen molar-refractivity contribution >= 4 is 17.3 Å². The first-order valence-corrected chi connectivity index (χ1v) is 7.18. The van der Waals surface area contributed by atoms with Crippen LogP contribution in [0.2, 0.25) is 0 Å². The molecule has 0 heterocycles. The zero-order valence-electron chi connectivity index (χ0n) is 11.1. The average Bonchev–Trinajstić information content (AvgIpc) is 3.12. The molecule has 2 nitrogen and oxygen atoms in total. The van der Waals surface area contributed by atoms with E-state index in [0.717, 1.165) is 11.5 Å². The van der Waals surface area contributed by atoms with Crippen LogP contribution in [0.5, 0.6) is 0 Å². The highest BCUT2D eigenvalue weighted by atomic mass is 32.1. The second-order valence-corrected chi connectivity index (χ2v) is 5.89. The lowest BCUT2D eigenvalue weighted by Crippen LogP contribution is -2.39. The molecule has 1 atom stereocenters. The summed E-state index contributed by atoms with van der Waals surface area (Å²) in [5, 5.41) is 7.60. The van der Waals surface area contributed by atoms with Crippen molar-refractivity contribution in [3.05, 3.63) is 35.9 Å². The molecule has 1 aliphatic carbocycles. The molecule has 0 spiro atoms. The van der Waals surface area contributed by atoms with Crippen LogP contribution in [0, 0.1) is 5.92 Å². The summed E-state index contributed by atoms with van der Waals surface area (Å²) >= 11 is 5.38. The highest BCUT2D eigenvalue weighted by Gasteiger charge is 2.23. The molecule has 1 aromatic carbocycles. The van der Waals surface area contributed by atoms with Crippen LogP contribution in [0.4, 0.5) is 0 Å². The normalized spacial score (nSPS) is 16.4. The lowest BCUT2D eigenvalue weighted by Gasteiger charge is -2.23. The lowest BCUT2D eigenvalue weighted by atomic mass is 9.97. The number of thiocarbonyl (C=S) groups is 1. The molecule has 0 radical (unpaired) electrons. The smallest absolute Gasteiger partial charge is 0.166 e. The van der Waals surface area contributed by atoms with E-state index in [1.54, 1.807) is 0 Å². The molecular weight excluding hydrogens is 240 g/mol. The SMILES string of the molecule is CC(C)C[C@H](NC(=S)NC1CC1)c1ccccc1. The quantitative estimate of drug-likeness (QED) is 0.795. The van der Waals surface area contributed by atoms with E-state index in [4.69, 9.17) is 12.2 Å². The van der Waals surface area contributed by atoms with Crippen molar-refractivity contribution in [1.29, 1.82) is 0 Å². The van der Waals surface area contributed by atoms with E-state index in [2.05, 4.69) is 54.8 Å². The van der Waals surface area contributed by atoms with Crippen LogP contribution in [0.1, 0.15) is 44.7 Å². The van der Waals surface area contributed by atoms with Crippen LogP contribution in [-0.4, -0.2) is 11.2 Å². The summed E-state index contributed by atoms with van der Waals surface area (Å²) in [5.41, 5.74) is 1.31. The topological polar surface area (TPSA) is 24.1 Å². The van der Waals surface area contributed by atoms with Gasteiger partial charge in [-0.3, -0.25) is 0 Å². The maximum atomic E-state index is 5.38. The molecule has 1 fully saturated rings. The first kappa shape index (κ1) is 13.3. The van der Waals surface area contributed by atoms with E-state index < -0.39 is 0 Å². The second kappa shape index (κ2) is 6.19. The van der Waals surface area contributed by atoms with Gasteiger partial charge >= 0.3 is 0 Å². The first-order chi connectivity index (χ1) is 8.65. The third-order valence-electron chi connectivity index (χ3n) is 3.13. The number of hydrogen-bond donors (Lipinski definition) is 2. The van der Waals surface area contributed by atoms with E-state index in [9.17, 15) is 0 Å². The summed E-state index contributed by atoms with van der Waals surface area (Å²) in [7, 11) is 0. The summed E-state index contributed by atoms with van der Waals surface area (Å²) < 4.78 is 0. The summed E-state index contributed by atoms with van der Waals surface area (Å²) in [5.74, 6) is 0.645. The number of hydrogen-bond acceptors (Lipinski definition) is 1. The van der Waals surface area contributed by atoms with Gasteiger partial charge in [0.2, 0.25) is 0 Å². The standard InChI is InChI=1S/C15H22N2S/c1-11(2)10-14(12-6-4-3-5-7-12)17-15(18)16-13-8-9-13/h3-7,11,13-14H,8-10H2,1-2H3,(H2,16,17,18)/t14-/m0/s1. The molecule has 3 heteroatoms. The maximum Gasteiger partial charge on any atom is 0.166 e. The average molecular weight is 262 g/mol. The van der Waals surface area contributed by atoms with Crippen LogP contribution in [-0.2, 0) is 0 Å². The van der Waals surface area contributed by atoms with Crippen LogP contribution in [0.25, 0.3) is 0 Å². The van der Waals surface area contributed by atoms with Gasteiger partial charge in [-0.15, -0.1) is 0 Å². The summed E-state index contributed by atoms with van der Waals surface area (Å²) in [6, 6.07) is 11.5. The third kappa shape index (κ3) is 4.30. The van der Waals surface area contributed by atoms with Crippen LogP contribution in [0.15, 0.2) is 30.3 Å². The molecule has 0 unspecified atom stereocenters. The molecule has 1 aliphatic rings. The van der Waals surface area contributed by atoms with Crippen molar-refractivity contribution in [2.24, 2.45) is 5.92 Å². The van der Waals surface area contributed by atoms with Gasteiger partial charge in [-0.25, -0.2) is 0 Å². The van der Waals surface area contributed by atoms with Gasteiger partial charge in [0.15, 0.2) is 5.11 Å². The Labute approximate surface area is 115 Å². The lowest BCUT2D eigenvalue weighted by molar-refractivity contribution is 0.477. The second-order valence-electron chi connectivity index (χ2n) is 5.48. The minimum absolute atomic E-state index is 0.310. The van der Waals surface area contributed by atoms with E-state index in [1.165, 1.54) is 18.4 Å². The van der Waals surface area contributed by atoms with Crippen molar-refractivity contribution in [2.75, 3.05) is 0 Å². The Morgan fingerprint density at radius 2 is 1.94 bits per heavy atom. The fraction of sp³-hybridized carbons (Fsp3) is 0.533. The van der Waals surface area contributed by atoms with Gasteiger partial charge in [0.05, 0.1) is 6.04 Å². The van der Waals surface area contributed by atoms with Gasteiger partial charge in [-0.2, -0.15) is 0 Å². The van der Waals surface area contributed by atoms with Crippen molar-refractivity contribution in [3.63, 3.8) is 0 Å². The van der Waals surface area contributed by atoms with E-state index >= 15 is 0 Å². The van der Waals surface area contributed by atoms with E-state index in [1.807, 2.05) is 0 Å². The molecule has 18 heavy (non-hydrogen) atoms. The van der Waals surface area contributed by atoms with E-state index in [-0.39, 0.29) is 0 Å². The fourth-order valence-electron chi connectivity index (χ4n) is 2.05. The fourth-order valence-corrected chi connectivity index (χ4v) is 2.36. The maximum absolute atomic E-state index is 5.38. The molecule has 0 aliphatic heterocycles. The molecule has 0 bridgehead atoms. The Balaban J connectivity index is 1.97. The summed E-state index contributed by atoms with van der Waals surface area (Å²) in [4.78, 5) is 0. The highest BCUT2D eigenvalue weighted by Crippen LogP contribution is 2.22. The monoisotopic (exact) mass is 262 g/mol. The molecular formula is C15H22N2S. The number of nitrogens with one attached hydrogen (secondary N) is 2. The zero-order valence-corrected chi connectivity index (χ0v) is 12.0. The van der Waals surface area contributed by atoms with Crippen molar-refractivity contribution in [1.82, 2.24) is 10.6 Å². The molecule has 2 rings (SSSR count). The molecule has 1 aromatic rings. The van der Waals surface area contributed by atoms with E-state index in [0.29, 0.717) is 18.0 Å². The van der Waals surface area contributed by atoms with Crippen LogP contribution < -0.4 is 10.6 Å². The van der Waals surface area contributed by atoms with Crippen molar-refractivity contribution < 1.29 is 0 Å². The van der Waals surface area contributed by atoms with Gasteiger partial charge in [0, 0.05) is 6.04 Å². The van der Waals surface area contributed by atoms with Crippen LogP contribution in [0.3, 0.4) is 0 Å². The Morgan fingerprint density at radius 1 is 1.28 bits per heavy atom. The predicted molar refractivity (Wildman–Crippen MR) is 80.5 cm³/mol. The Hall–Kier alpha value is -1.09. The largest absolute Gasteiger partial charge is 0.360 e. The molecule has 0 saturated heterocycles. The Kier molecular flexibility index (Phi) is 4.59. The minimum Gasteiger partial charge on any atom is -0.360 e. The zero-order chi connectivity index (χ0) is 13.0. The first-order valence-electron chi connectivity index (χ1n) is 6.77. The van der Waals surface area contributed by atoms with Gasteiger partial charge in [0.1, 0.15) is 0 Å². The molecule has 0 amide bonds. The van der Waals surface area contributed by atoms with Crippen molar-refractivity contribution in [2.45, 2.75) is 45.2 Å². The van der Waals surface area contributed by atoms with Gasteiger partial charge in [-0.05, 0) is 43.0 Å². The summed E-state index contributed by atoms with van der Waals surface area (Å²) in [6.45, 7) is 4.49. The molecule has 0 aromatic heterocycles. The Bertz CT molecular complexity index is 385. The van der Waals surface area contributed by atoms with Crippen LogP contribution >= 0.6 is 12.2 Å². The van der Waals surface area contributed by atoms with Crippen molar-refractivity contribution in [3.8, 4) is 0 Å². The minimum atomic E-state index is 0.310. The van der Waals surface area contributed by atoms with Gasteiger partial charge in [0.25, 0.3) is 0 Å². The number of benzene rings is 1. The number of rotatable bonds is 5. The van der Waals surface area contributed by atoms with Gasteiger partial charge in [-0.1, -0.05) is 44.2 Å². The molecule has 1 saturated carbocycles. The summed E-state index contributed by atoms with van der Waals surface area (Å²) in [6.07, 6.45) is 3.60. The van der Waals surface area contributed by atoms with Gasteiger partial charge < -0.3 is 10.6 Å². The highest BCUT2D eigenvalue weighted by molar-refractivity contribution is 7.80. The molecule has 2 N–H and O–H groups in total. The predicted octanol–water partition coefficient (Wildman–Crippen LogP) is 3.40. The molecule has 98 valence electrons. The third-order valence-corrected chi connectivity index (χ3v) is 3.36. The Morgan fingerprint density at radius 3 is 2.50 bits per heavy atom.